The summed E-state index contributed by atoms with van der Waals surface area (Å²) in [5, 5.41) is 2.89. The first-order valence-electron chi connectivity index (χ1n) is 9.92. The number of para-hydroxylation sites is 1. The highest BCUT2D eigenvalue weighted by atomic mass is 32.2. The standard InChI is InChI=1S/C24H22N2O4S/c1-3-26-19-14-16(23(27)25-15-17-8-4-6-10-20(17)30-2)12-13-22(19)31(29)21-11-7-5-9-18(21)24(26)28/h4-14H,3,15H2,1-2H3,(H,25,27)/t31-/m0/s1. The van der Waals surface area contributed by atoms with Gasteiger partial charge >= 0.3 is 0 Å². The minimum atomic E-state index is -1.52. The zero-order valence-corrected chi connectivity index (χ0v) is 18.1. The van der Waals surface area contributed by atoms with Gasteiger partial charge in [-0.3, -0.25) is 9.59 Å². The Morgan fingerprint density at radius 2 is 1.77 bits per heavy atom. The van der Waals surface area contributed by atoms with Gasteiger partial charge < -0.3 is 15.0 Å². The molecule has 0 aliphatic carbocycles. The van der Waals surface area contributed by atoms with Crippen LogP contribution in [0, 0.1) is 0 Å². The number of carbonyl (C=O) groups excluding carboxylic acids is 2. The maximum absolute atomic E-state index is 13.2. The van der Waals surface area contributed by atoms with Crippen molar-refractivity contribution in [1.29, 1.82) is 0 Å². The van der Waals surface area contributed by atoms with E-state index in [1.165, 1.54) is 0 Å². The second-order valence-corrected chi connectivity index (χ2v) is 8.41. The number of carbonyl (C=O) groups is 2. The summed E-state index contributed by atoms with van der Waals surface area (Å²) >= 11 is 0. The Balaban J connectivity index is 1.66. The van der Waals surface area contributed by atoms with Gasteiger partial charge in [-0.1, -0.05) is 30.3 Å². The van der Waals surface area contributed by atoms with Crippen LogP contribution in [0.2, 0.25) is 0 Å². The van der Waals surface area contributed by atoms with E-state index >= 15 is 0 Å². The Kier molecular flexibility index (Phi) is 5.86. The van der Waals surface area contributed by atoms with Gasteiger partial charge in [0.25, 0.3) is 11.8 Å². The lowest BCUT2D eigenvalue weighted by atomic mass is 10.1. The van der Waals surface area contributed by atoms with Crippen molar-refractivity contribution in [2.75, 3.05) is 18.6 Å². The number of methoxy groups -OCH3 is 1. The number of nitrogens with zero attached hydrogens (tertiary/aromatic N) is 1. The fraction of sp³-hybridized carbons (Fsp3) is 0.167. The van der Waals surface area contributed by atoms with Crippen LogP contribution in [0.5, 0.6) is 5.75 Å². The highest BCUT2D eigenvalue weighted by molar-refractivity contribution is 7.85. The van der Waals surface area contributed by atoms with E-state index in [2.05, 4.69) is 5.32 Å². The van der Waals surface area contributed by atoms with Crippen molar-refractivity contribution in [3.05, 3.63) is 83.4 Å². The highest BCUT2D eigenvalue weighted by Gasteiger charge is 2.30. The van der Waals surface area contributed by atoms with E-state index < -0.39 is 10.8 Å². The number of hydrogen-bond donors (Lipinski definition) is 1. The third-order valence-corrected chi connectivity index (χ3v) is 6.72. The van der Waals surface area contributed by atoms with Gasteiger partial charge in [-0.05, 0) is 43.3 Å². The molecule has 4 rings (SSSR count). The Morgan fingerprint density at radius 1 is 1.03 bits per heavy atom. The first-order valence-corrected chi connectivity index (χ1v) is 11.1. The Morgan fingerprint density at radius 3 is 2.55 bits per heavy atom. The molecule has 0 saturated heterocycles. The van der Waals surface area contributed by atoms with E-state index in [1.807, 2.05) is 31.2 Å². The normalized spacial score (nSPS) is 15.0. The minimum absolute atomic E-state index is 0.225. The molecule has 3 aromatic rings. The van der Waals surface area contributed by atoms with E-state index in [9.17, 15) is 13.8 Å². The fourth-order valence-electron chi connectivity index (χ4n) is 3.65. The highest BCUT2D eigenvalue weighted by Crippen LogP contribution is 2.35. The van der Waals surface area contributed by atoms with Gasteiger partial charge in [-0.2, -0.15) is 0 Å². The zero-order chi connectivity index (χ0) is 22.0. The van der Waals surface area contributed by atoms with E-state index in [4.69, 9.17) is 4.74 Å². The summed E-state index contributed by atoms with van der Waals surface area (Å²) < 4.78 is 18.5. The van der Waals surface area contributed by atoms with Crippen molar-refractivity contribution < 1.29 is 18.5 Å². The van der Waals surface area contributed by atoms with Crippen LogP contribution in [0.15, 0.2) is 76.5 Å². The maximum atomic E-state index is 13.2. The van der Waals surface area contributed by atoms with Crippen molar-refractivity contribution in [2.24, 2.45) is 0 Å². The van der Waals surface area contributed by atoms with Gasteiger partial charge in [0.2, 0.25) is 0 Å². The maximum Gasteiger partial charge on any atom is 0.259 e. The largest absolute Gasteiger partial charge is 0.496 e. The number of ether oxygens (including phenoxy) is 1. The number of fused-ring (bicyclic) bond motifs is 2. The van der Waals surface area contributed by atoms with Crippen LogP contribution in [0.1, 0.15) is 33.2 Å². The summed E-state index contributed by atoms with van der Waals surface area (Å²) in [7, 11) is 0.0644. The van der Waals surface area contributed by atoms with Crippen LogP contribution in [0.4, 0.5) is 5.69 Å². The Bertz CT molecular complexity index is 1190. The lowest BCUT2D eigenvalue weighted by molar-refractivity contribution is 0.0947. The summed E-state index contributed by atoms with van der Waals surface area (Å²) in [5.74, 6) is 0.183. The van der Waals surface area contributed by atoms with Crippen LogP contribution < -0.4 is 15.0 Å². The van der Waals surface area contributed by atoms with E-state index in [-0.39, 0.29) is 11.8 Å². The number of nitrogens with one attached hydrogen (secondary N) is 1. The quantitative estimate of drug-likeness (QED) is 0.663. The molecule has 0 unspecified atom stereocenters. The lowest BCUT2D eigenvalue weighted by Crippen LogP contribution is -2.31. The van der Waals surface area contributed by atoms with E-state index in [0.29, 0.717) is 45.4 Å². The molecule has 0 saturated carbocycles. The van der Waals surface area contributed by atoms with Crippen molar-refractivity contribution >= 4 is 28.3 Å². The summed E-state index contributed by atoms with van der Waals surface area (Å²) in [6, 6.07) is 19.3. The average molecular weight is 435 g/mol. The lowest BCUT2D eigenvalue weighted by Gasteiger charge is -2.21. The number of anilines is 1. The second kappa shape index (κ2) is 8.73. The zero-order valence-electron chi connectivity index (χ0n) is 17.3. The molecule has 0 bridgehead atoms. The number of hydrogen-bond acceptors (Lipinski definition) is 4. The smallest absolute Gasteiger partial charge is 0.259 e. The van der Waals surface area contributed by atoms with E-state index in [0.717, 1.165) is 5.56 Å². The molecule has 1 atom stereocenters. The molecular weight excluding hydrogens is 412 g/mol. The SMILES string of the molecule is CCN1C(=O)c2ccccc2[S@](=O)c2ccc(C(=O)NCc3ccccc3OC)cc21. The van der Waals surface area contributed by atoms with Gasteiger partial charge in [0.1, 0.15) is 5.75 Å². The predicted octanol–water partition coefficient (Wildman–Crippen LogP) is 3.77. The van der Waals surface area contributed by atoms with Crippen LogP contribution in [0.25, 0.3) is 0 Å². The molecule has 1 aliphatic heterocycles. The molecule has 3 aromatic carbocycles. The van der Waals surface area contributed by atoms with Crippen LogP contribution in [-0.2, 0) is 17.3 Å². The third-order valence-electron chi connectivity index (χ3n) is 5.22. The van der Waals surface area contributed by atoms with Crippen molar-refractivity contribution in [1.82, 2.24) is 5.32 Å². The molecule has 158 valence electrons. The molecule has 1 N–H and O–H groups in total. The van der Waals surface area contributed by atoms with Gasteiger partial charge in [-0.25, -0.2) is 4.21 Å². The third kappa shape index (κ3) is 3.84. The summed E-state index contributed by atoms with van der Waals surface area (Å²) in [5.41, 5.74) is 2.16. The van der Waals surface area contributed by atoms with Crippen molar-refractivity contribution in [2.45, 2.75) is 23.3 Å². The topological polar surface area (TPSA) is 75.7 Å². The van der Waals surface area contributed by atoms with Crippen LogP contribution in [0.3, 0.4) is 0 Å². The van der Waals surface area contributed by atoms with Gasteiger partial charge in [0.05, 0.1) is 39.0 Å². The summed E-state index contributed by atoms with van der Waals surface area (Å²) in [6.07, 6.45) is 0. The molecule has 2 amide bonds. The number of amides is 2. The van der Waals surface area contributed by atoms with Crippen molar-refractivity contribution in [3.63, 3.8) is 0 Å². The number of benzene rings is 3. The molecule has 31 heavy (non-hydrogen) atoms. The second-order valence-electron chi connectivity index (χ2n) is 6.99. The Hall–Kier alpha value is -3.45. The molecule has 0 fully saturated rings. The molecule has 6 nitrogen and oxygen atoms in total. The fourth-order valence-corrected chi connectivity index (χ4v) is 4.99. The average Bonchev–Trinajstić information content (AvgIpc) is 2.90. The predicted molar refractivity (Wildman–Crippen MR) is 119 cm³/mol. The number of rotatable bonds is 5. The minimum Gasteiger partial charge on any atom is -0.496 e. The van der Waals surface area contributed by atoms with E-state index in [1.54, 1.807) is 54.5 Å². The summed E-state index contributed by atoms with van der Waals surface area (Å²) in [4.78, 5) is 28.5. The molecular formula is C24H22N2O4S. The van der Waals surface area contributed by atoms with Gasteiger partial charge in [0, 0.05) is 24.2 Å². The van der Waals surface area contributed by atoms with Crippen LogP contribution in [-0.4, -0.2) is 29.7 Å². The van der Waals surface area contributed by atoms with Crippen molar-refractivity contribution in [3.8, 4) is 5.75 Å². The molecule has 1 aliphatic rings. The molecule has 0 radical (unpaired) electrons. The van der Waals surface area contributed by atoms with Gasteiger partial charge in [-0.15, -0.1) is 0 Å². The monoisotopic (exact) mass is 434 g/mol. The first-order chi connectivity index (χ1) is 15.0. The molecule has 1 heterocycles. The van der Waals surface area contributed by atoms with Gasteiger partial charge in [0.15, 0.2) is 0 Å². The molecule has 0 spiro atoms. The first kappa shape index (κ1) is 20.8. The molecule has 0 aromatic heterocycles. The molecule has 7 heteroatoms. The van der Waals surface area contributed by atoms with Crippen LogP contribution >= 0.6 is 0 Å². The Labute approximate surface area is 183 Å². The summed E-state index contributed by atoms with van der Waals surface area (Å²) in [6.45, 7) is 2.55.